The molecule has 1 heterocycles. The Morgan fingerprint density at radius 2 is 2.15 bits per heavy atom. The third kappa shape index (κ3) is 4.50. The summed E-state index contributed by atoms with van der Waals surface area (Å²) in [5.41, 5.74) is 1.15. The minimum absolute atomic E-state index is 0.0749. The topological polar surface area (TPSA) is 51.2 Å². The van der Waals surface area contributed by atoms with Crippen molar-refractivity contribution in [3.05, 3.63) is 58.2 Å². The quantitative estimate of drug-likeness (QED) is 0.738. The van der Waals surface area contributed by atoms with Gasteiger partial charge in [0.1, 0.15) is 5.03 Å². The maximum Gasteiger partial charge on any atom is 0.417 e. The Bertz CT molecular complexity index is 848. The van der Waals surface area contributed by atoms with Crippen LogP contribution in [0.4, 0.5) is 18.0 Å². The van der Waals surface area contributed by atoms with Crippen LogP contribution in [-0.2, 0) is 17.3 Å². The highest BCUT2D eigenvalue weighted by atomic mass is 35.5. The summed E-state index contributed by atoms with van der Waals surface area (Å²) in [6, 6.07) is 8.24. The molecule has 1 aromatic carbocycles. The molecule has 4 nitrogen and oxygen atoms in total. The number of fused-ring (bicyclic) bond motifs is 1. The third-order valence-corrected chi connectivity index (χ3v) is 5.90. The molecule has 1 aliphatic carbocycles. The van der Waals surface area contributed by atoms with Crippen LogP contribution in [0.2, 0.25) is 5.02 Å². The first kappa shape index (κ1) is 19.8. The van der Waals surface area contributed by atoms with Crippen LogP contribution in [-0.4, -0.2) is 23.7 Å². The van der Waals surface area contributed by atoms with Gasteiger partial charge in [-0.1, -0.05) is 47.6 Å². The average molecular weight is 417 g/mol. The van der Waals surface area contributed by atoms with Gasteiger partial charge in [0.05, 0.1) is 28.5 Å². The standard InChI is InChI=1S/C18H16ClF3N2O2S/c1-2-26-17(25)24-14-7-10-5-3-4-6-12(10)15(14)27-16-13(19)8-11(9-23-16)18(20,21)22/h3-6,8-9,14-15H,2,7H2,1H3,(H,24,25)/t14-,15+/m0/s1. The van der Waals surface area contributed by atoms with Gasteiger partial charge in [-0.3, -0.25) is 0 Å². The number of hydrogen-bond acceptors (Lipinski definition) is 4. The van der Waals surface area contributed by atoms with Gasteiger partial charge >= 0.3 is 12.3 Å². The molecule has 1 amide bonds. The van der Waals surface area contributed by atoms with Gasteiger partial charge < -0.3 is 10.1 Å². The molecule has 0 fully saturated rings. The molecule has 0 spiro atoms. The predicted octanol–water partition coefficient (Wildman–Crippen LogP) is 5.26. The molecule has 1 aliphatic rings. The third-order valence-electron chi connectivity index (χ3n) is 4.12. The summed E-state index contributed by atoms with van der Waals surface area (Å²) >= 11 is 7.28. The van der Waals surface area contributed by atoms with E-state index in [2.05, 4.69) is 10.3 Å². The largest absolute Gasteiger partial charge is 0.450 e. The number of rotatable bonds is 4. The summed E-state index contributed by atoms with van der Waals surface area (Å²) in [5.74, 6) is 0. The molecule has 0 aliphatic heterocycles. The smallest absolute Gasteiger partial charge is 0.417 e. The zero-order valence-corrected chi connectivity index (χ0v) is 15.8. The van der Waals surface area contributed by atoms with Crippen LogP contribution in [0, 0.1) is 0 Å². The van der Waals surface area contributed by atoms with Crippen LogP contribution in [0.3, 0.4) is 0 Å². The van der Waals surface area contributed by atoms with E-state index < -0.39 is 17.8 Å². The van der Waals surface area contributed by atoms with Gasteiger partial charge in [-0.2, -0.15) is 13.2 Å². The molecule has 1 aromatic heterocycles. The lowest BCUT2D eigenvalue weighted by molar-refractivity contribution is -0.137. The van der Waals surface area contributed by atoms with Crippen LogP contribution >= 0.6 is 23.4 Å². The van der Waals surface area contributed by atoms with Gasteiger partial charge in [-0.25, -0.2) is 9.78 Å². The number of nitrogens with one attached hydrogen (secondary N) is 1. The molecule has 2 atom stereocenters. The monoisotopic (exact) mass is 416 g/mol. The van der Waals surface area contributed by atoms with Crippen LogP contribution in [0.1, 0.15) is 28.9 Å². The molecular formula is C18H16ClF3N2O2S. The van der Waals surface area contributed by atoms with Crippen LogP contribution in [0.25, 0.3) is 0 Å². The van der Waals surface area contributed by atoms with E-state index in [0.717, 1.165) is 23.4 Å². The van der Waals surface area contributed by atoms with E-state index in [1.807, 2.05) is 24.3 Å². The lowest BCUT2D eigenvalue weighted by Crippen LogP contribution is -2.37. The Balaban J connectivity index is 1.86. The molecule has 0 unspecified atom stereocenters. The fourth-order valence-corrected chi connectivity index (χ4v) is 4.45. The number of benzene rings is 1. The number of halogens is 4. The molecule has 2 aromatic rings. The Labute approximate surface area is 163 Å². The highest BCUT2D eigenvalue weighted by Gasteiger charge is 2.36. The number of carbonyl (C=O) groups excluding carboxylic acids is 1. The summed E-state index contributed by atoms with van der Waals surface area (Å²) in [6.07, 6.45) is -3.69. The number of nitrogens with zero attached hydrogens (tertiary/aromatic N) is 1. The molecule has 27 heavy (non-hydrogen) atoms. The molecule has 0 saturated carbocycles. The van der Waals surface area contributed by atoms with Crippen molar-refractivity contribution in [3.63, 3.8) is 0 Å². The summed E-state index contributed by atoms with van der Waals surface area (Å²) in [4.78, 5) is 15.8. The van der Waals surface area contributed by atoms with Crippen molar-refractivity contribution in [2.75, 3.05) is 6.61 Å². The number of alkyl carbamates (subject to hydrolysis) is 1. The van der Waals surface area contributed by atoms with Gasteiger partial charge in [-0.05, 0) is 30.5 Å². The summed E-state index contributed by atoms with van der Waals surface area (Å²) < 4.78 is 43.4. The van der Waals surface area contributed by atoms with Gasteiger partial charge in [0.15, 0.2) is 0 Å². The number of aromatic nitrogens is 1. The van der Waals surface area contributed by atoms with E-state index in [9.17, 15) is 18.0 Å². The van der Waals surface area contributed by atoms with E-state index in [4.69, 9.17) is 16.3 Å². The minimum atomic E-state index is -4.51. The molecule has 0 bridgehead atoms. The number of amides is 1. The van der Waals surface area contributed by atoms with Crippen LogP contribution in [0.5, 0.6) is 0 Å². The Morgan fingerprint density at radius 3 is 2.81 bits per heavy atom. The second kappa shape index (κ2) is 7.98. The van der Waals surface area contributed by atoms with Gasteiger partial charge in [-0.15, -0.1) is 0 Å². The van der Waals surface area contributed by atoms with E-state index in [-0.39, 0.29) is 27.9 Å². The number of pyridine rings is 1. The zero-order chi connectivity index (χ0) is 19.6. The number of alkyl halides is 3. The molecule has 9 heteroatoms. The van der Waals surface area contributed by atoms with Gasteiger partial charge in [0, 0.05) is 6.20 Å². The summed E-state index contributed by atoms with van der Waals surface area (Å²) in [6.45, 7) is 1.96. The number of ether oxygens (including phenoxy) is 1. The van der Waals surface area contributed by atoms with Crippen molar-refractivity contribution < 1.29 is 22.7 Å². The first-order valence-electron chi connectivity index (χ1n) is 8.20. The number of hydrogen-bond donors (Lipinski definition) is 1. The maximum atomic E-state index is 12.8. The van der Waals surface area contributed by atoms with E-state index in [0.29, 0.717) is 6.42 Å². The molecule has 144 valence electrons. The molecule has 1 N–H and O–H groups in total. The van der Waals surface area contributed by atoms with Crippen LogP contribution < -0.4 is 5.32 Å². The van der Waals surface area contributed by atoms with Crippen molar-refractivity contribution in [1.82, 2.24) is 10.3 Å². The summed E-state index contributed by atoms with van der Waals surface area (Å²) in [5, 5.41) is 2.78. The summed E-state index contributed by atoms with van der Waals surface area (Å²) in [7, 11) is 0. The van der Waals surface area contributed by atoms with Gasteiger partial charge in [0.25, 0.3) is 0 Å². The molecule has 0 saturated heterocycles. The fourth-order valence-electron chi connectivity index (χ4n) is 2.94. The maximum absolute atomic E-state index is 12.8. The van der Waals surface area contributed by atoms with Crippen LogP contribution in [0.15, 0.2) is 41.6 Å². The van der Waals surface area contributed by atoms with Gasteiger partial charge in [0.2, 0.25) is 0 Å². The lowest BCUT2D eigenvalue weighted by atomic mass is 10.1. The van der Waals surface area contributed by atoms with Crippen molar-refractivity contribution in [1.29, 1.82) is 0 Å². The predicted molar refractivity (Wildman–Crippen MR) is 96.9 cm³/mol. The Morgan fingerprint density at radius 1 is 1.41 bits per heavy atom. The molecule has 3 rings (SSSR count). The lowest BCUT2D eigenvalue weighted by Gasteiger charge is -2.21. The van der Waals surface area contributed by atoms with Crippen molar-refractivity contribution in [3.8, 4) is 0 Å². The Hall–Kier alpha value is -1.93. The Kier molecular flexibility index (Phi) is 5.86. The van der Waals surface area contributed by atoms with E-state index in [1.165, 1.54) is 11.8 Å². The first-order valence-corrected chi connectivity index (χ1v) is 9.46. The number of carbonyl (C=O) groups is 1. The zero-order valence-electron chi connectivity index (χ0n) is 14.2. The normalized spacial score (nSPS) is 18.9. The average Bonchev–Trinajstić information content (AvgIpc) is 2.93. The minimum Gasteiger partial charge on any atom is -0.450 e. The van der Waals surface area contributed by atoms with E-state index in [1.54, 1.807) is 6.92 Å². The van der Waals surface area contributed by atoms with E-state index >= 15 is 0 Å². The van der Waals surface area contributed by atoms with Crippen molar-refractivity contribution in [2.24, 2.45) is 0 Å². The molecule has 0 radical (unpaired) electrons. The van der Waals surface area contributed by atoms with Crippen molar-refractivity contribution in [2.45, 2.75) is 35.8 Å². The second-order valence-corrected chi connectivity index (χ2v) is 7.46. The SMILES string of the molecule is CCOC(=O)N[C@H]1Cc2ccccc2[C@H]1Sc1ncc(C(F)(F)F)cc1Cl. The highest BCUT2D eigenvalue weighted by molar-refractivity contribution is 7.99. The number of thioether (sulfide) groups is 1. The fraction of sp³-hybridized carbons (Fsp3) is 0.333. The highest BCUT2D eigenvalue weighted by Crippen LogP contribution is 2.46. The first-order chi connectivity index (χ1) is 12.8. The molecular weight excluding hydrogens is 401 g/mol. The van der Waals surface area contributed by atoms with Crippen molar-refractivity contribution >= 4 is 29.5 Å². The second-order valence-electron chi connectivity index (χ2n) is 5.92.